The average Bonchev–Trinajstić information content (AvgIpc) is 2.52. The van der Waals surface area contributed by atoms with Crippen molar-refractivity contribution < 1.29 is 0 Å². The minimum atomic E-state index is -0.117. The van der Waals surface area contributed by atoms with E-state index in [0.717, 1.165) is 11.3 Å². The molecule has 2 heterocycles. The predicted octanol–water partition coefficient (Wildman–Crippen LogP) is 1.81. The molecule has 0 aliphatic heterocycles. The molecule has 0 radical (unpaired) electrons. The van der Waals surface area contributed by atoms with Gasteiger partial charge in [0.15, 0.2) is 0 Å². The van der Waals surface area contributed by atoms with E-state index >= 15 is 0 Å². The maximum atomic E-state index is 11.0. The molecule has 0 unspecified atom stereocenters. The first-order chi connectivity index (χ1) is 6.25. The van der Waals surface area contributed by atoms with Crippen molar-refractivity contribution in [1.82, 2.24) is 9.97 Å². The molecule has 0 fully saturated rings. The van der Waals surface area contributed by atoms with E-state index < -0.39 is 0 Å². The zero-order valence-corrected chi connectivity index (χ0v) is 7.89. The van der Waals surface area contributed by atoms with Crippen LogP contribution in [0.4, 0.5) is 0 Å². The second kappa shape index (κ2) is 3.14. The smallest absolute Gasteiger partial charge is 0.251 e. The summed E-state index contributed by atoms with van der Waals surface area (Å²) in [5.74, 6) is 0. The van der Waals surface area contributed by atoms with Gasteiger partial charge < -0.3 is 4.98 Å². The lowest BCUT2D eigenvalue weighted by Crippen LogP contribution is -2.03. The van der Waals surface area contributed by atoms with Crippen molar-refractivity contribution >= 4 is 11.3 Å². The second-order valence-electron chi connectivity index (χ2n) is 2.74. The Bertz CT molecular complexity index is 472. The van der Waals surface area contributed by atoms with Crippen molar-refractivity contribution in [3.05, 3.63) is 39.1 Å². The van der Waals surface area contributed by atoms with E-state index in [2.05, 4.69) is 9.97 Å². The Hall–Kier alpha value is -1.42. The highest BCUT2D eigenvalue weighted by Crippen LogP contribution is 2.21. The molecular formula is C9H8N2OS. The molecule has 2 rings (SSSR count). The zero-order valence-electron chi connectivity index (χ0n) is 7.07. The van der Waals surface area contributed by atoms with E-state index in [-0.39, 0.29) is 5.56 Å². The van der Waals surface area contributed by atoms with Gasteiger partial charge in [-0.3, -0.25) is 4.79 Å². The molecule has 0 aromatic carbocycles. The van der Waals surface area contributed by atoms with Crippen molar-refractivity contribution in [1.29, 1.82) is 0 Å². The van der Waals surface area contributed by atoms with E-state index in [1.807, 2.05) is 18.4 Å². The molecule has 2 aromatic heterocycles. The summed E-state index contributed by atoms with van der Waals surface area (Å²) in [6.07, 6.45) is 1.42. The van der Waals surface area contributed by atoms with Gasteiger partial charge in [0.2, 0.25) is 0 Å². The third-order valence-electron chi connectivity index (χ3n) is 1.70. The van der Waals surface area contributed by atoms with Gasteiger partial charge in [-0.05, 0) is 13.0 Å². The van der Waals surface area contributed by atoms with Crippen LogP contribution in [0.25, 0.3) is 11.3 Å². The van der Waals surface area contributed by atoms with Gasteiger partial charge in [0.05, 0.1) is 12.0 Å². The molecule has 13 heavy (non-hydrogen) atoms. The molecule has 1 N–H and O–H groups in total. The van der Waals surface area contributed by atoms with E-state index in [1.54, 1.807) is 11.3 Å². The first-order valence-corrected chi connectivity index (χ1v) is 4.74. The Kier molecular flexibility index (Phi) is 1.98. The monoisotopic (exact) mass is 192 g/mol. The molecule has 0 spiro atoms. The fourth-order valence-electron chi connectivity index (χ4n) is 1.10. The van der Waals surface area contributed by atoms with Crippen LogP contribution in [0.5, 0.6) is 0 Å². The van der Waals surface area contributed by atoms with Crippen molar-refractivity contribution in [3.8, 4) is 11.3 Å². The van der Waals surface area contributed by atoms with Crippen LogP contribution >= 0.6 is 11.3 Å². The molecule has 0 amide bonds. The van der Waals surface area contributed by atoms with Crippen molar-refractivity contribution in [3.63, 3.8) is 0 Å². The summed E-state index contributed by atoms with van der Waals surface area (Å²) in [7, 11) is 0. The van der Waals surface area contributed by atoms with Gasteiger partial charge in [-0.25, -0.2) is 4.98 Å². The Balaban J connectivity index is 2.52. The molecule has 0 bridgehead atoms. The summed E-state index contributed by atoms with van der Waals surface area (Å²) in [5.41, 5.74) is 1.62. The van der Waals surface area contributed by atoms with Gasteiger partial charge in [0.1, 0.15) is 0 Å². The quantitative estimate of drug-likeness (QED) is 0.749. The summed E-state index contributed by atoms with van der Waals surface area (Å²) < 4.78 is 0. The topological polar surface area (TPSA) is 45.8 Å². The Labute approximate surface area is 79.1 Å². The lowest BCUT2D eigenvalue weighted by molar-refractivity contribution is 1.12. The predicted molar refractivity (Wildman–Crippen MR) is 52.9 cm³/mol. The number of aromatic amines is 1. The number of H-pyrrole nitrogens is 1. The van der Waals surface area contributed by atoms with Crippen LogP contribution in [0.2, 0.25) is 0 Å². The van der Waals surface area contributed by atoms with E-state index in [4.69, 9.17) is 0 Å². The largest absolute Gasteiger partial charge is 0.313 e. The Morgan fingerprint density at radius 2 is 2.31 bits per heavy atom. The SMILES string of the molecule is Cc1cc(-c2cc(=O)[nH]cn2)cs1. The van der Waals surface area contributed by atoms with Crippen LogP contribution in [-0.4, -0.2) is 9.97 Å². The number of nitrogens with zero attached hydrogens (tertiary/aromatic N) is 1. The molecule has 66 valence electrons. The molecule has 0 atom stereocenters. The van der Waals surface area contributed by atoms with Crippen LogP contribution < -0.4 is 5.56 Å². The molecule has 3 nitrogen and oxygen atoms in total. The summed E-state index contributed by atoms with van der Waals surface area (Å²) in [6.45, 7) is 2.03. The van der Waals surface area contributed by atoms with E-state index in [0.29, 0.717) is 0 Å². The zero-order chi connectivity index (χ0) is 9.26. The van der Waals surface area contributed by atoms with Crippen LogP contribution in [0.1, 0.15) is 4.88 Å². The summed E-state index contributed by atoms with van der Waals surface area (Å²) in [5, 5.41) is 2.00. The number of thiophene rings is 1. The van der Waals surface area contributed by atoms with Crippen LogP contribution in [-0.2, 0) is 0 Å². The Morgan fingerprint density at radius 3 is 2.92 bits per heavy atom. The van der Waals surface area contributed by atoms with Gasteiger partial charge in [-0.2, -0.15) is 0 Å². The van der Waals surface area contributed by atoms with Gasteiger partial charge in [0.25, 0.3) is 5.56 Å². The highest BCUT2D eigenvalue weighted by Gasteiger charge is 2.01. The van der Waals surface area contributed by atoms with E-state index in [1.165, 1.54) is 17.3 Å². The van der Waals surface area contributed by atoms with E-state index in [9.17, 15) is 4.79 Å². The third-order valence-corrected chi connectivity index (χ3v) is 2.57. The number of hydrogen-bond acceptors (Lipinski definition) is 3. The van der Waals surface area contributed by atoms with Gasteiger partial charge in [-0.15, -0.1) is 11.3 Å². The number of aryl methyl sites for hydroxylation is 1. The van der Waals surface area contributed by atoms with Crippen LogP contribution in [0, 0.1) is 6.92 Å². The van der Waals surface area contributed by atoms with Crippen molar-refractivity contribution in [2.75, 3.05) is 0 Å². The number of hydrogen-bond donors (Lipinski definition) is 1. The molecular weight excluding hydrogens is 184 g/mol. The van der Waals surface area contributed by atoms with Crippen LogP contribution in [0.3, 0.4) is 0 Å². The molecule has 2 aromatic rings. The molecule has 0 aliphatic carbocycles. The van der Waals surface area contributed by atoms with Crippen molar-refractivity contribution in [2.45, 2.75) is 6.92 Å². The van der Waals surface area contributed by atoms with Crippen LogP contribution in [0.15, 0.2) is 28.6 Å². The molecule has 0 saturated carbocycles. The fraction of sp³-hybridized carbons (Fsp3) is 0.111. The van der Waals surface area contributed by atoms with Gasteiger partial charge in [-0.1, -0.05) is 0 Å². The number of nitrogens with one attached hydrogen (secondary N) is 1. The Morgan fingerprint density at radius 1 is 1.46 bits per heavy atom. The molecule has 0 saturated heterocycles. The number of aromatic nitrogens is 2. The van der Waals surface area contributed by atoms with Gasteiger partial charge in [0, 0.05) is 21.9 Å². The lowest BCUT2D eigenvalue weighted by Gasteiger charge is -1.92. The lowest BCUT2D eigenvalue weighted by atomic mass is 10.2. The molecule has 4 heteroatoms. The second-order valence-corrected chi connectivity index (χ2v) is 3.86. The highest BCUT2D eigenvalue weighted by atomic mass is 32.1. The highest BCUT2D eigenvalue weighted by molar-refractivity contribution is 7.10. The van der Waals surface area contributed by atoms with Crippen molar-refractivity contribution in [2.24, 2.45) is 0 Å². The third kappa shape index (κ3) is 1.67. The standard InChI is InChI=1S/C9H8N2OS/c1-6-2-7(4-13-6)8-3-9(12)11-5-10-8/h2-5H,1H3,(H,10,11,12). The summed E-state index contributed by atoms with van der Waals surface area (Å²) in [6, 6.07) is 3.52. The summed E-state index contributed by atoms with van der Waals surface area (Å²) >= 11 is 1.65. The normalized spacial score (nSPS) is 10.2. The average molecular weight is 192 g/mol. The maximum Gasteiger partial charge on any atom is 0.251 e. The minimum Gasteiger partial charge on any atom is -0.313 e. The van der Waals surface area contributed by atoms with Gasteiger partial charge >= 0.3 is 0 Å². The first-order valence-electron chi connectivity index (χ1n) is 3.86. The fourth-order valence-corrected chi connectivity index (χ4v) is 1.80. The summed E-state index contributed by atoms with van der Waals surface area (Å²) in [4.78, 5) is 18.8. The number of rotatable bonds is 1. The minimum absolute atomic E-state index is 0.117. The maximum absolute atomic E-state index is 11.0. The molecule has 0 aliphatic rings. The first kappa shape index (κ1) is 8.19.